The van der Waals surface area contributed by atoms with Gasteiger partial charge in [0.05, 0.1) is 6.54 Å². The van der Waals surface area contributed by atoms with E-state index in [9.17, 15) is 0 Å². The number of ether oxygens (including phenoxy) is 1. The van der Waals surface area contributed by atoms with Crippen LogP contribution in [0.1, 0.15) is 22.5 Å². The molecule has 1 atom stereocenters. The molecule has 0 aliphatic carbocycles. The van der Waals surface area contributed by atoms with E-state index in [1.807, 2.05) is 0 Å². The molecule has 1 aliphatic rings. The van der Waals surface area contributed by atoms with Crippen molar-refractivity contribution in [3.05, 3.63) is 52.8 Å². The van der Waals surface area contributed by atoms with Gasteiger partial charge >= 0.3 is 0 Å². The summed E-state index contributed by atoms with van der Waals surface area (Å²) in [5.74, 6) is 1.04. The van der Waals surface area contributed by atoms with Crippen molar-refractivity contribution in [3.63, 3.8) is 0 Å². The summed E-state index contributed by atoms with van der Waals surface area (Å²) in [4.78, 5) is 0. The van der Waals surface area contributed by atoms with Gasteiger partial charge in [-0.05, 0) is 44.5 Å². The van der Waals surface area contributed by atoms with Crippen LogP contribution in [0.5, 0.6) is 5.75 Å². The van der Waals surface area contributed by atoms with Crippen LogP contribution < -0.4 is 10.2 Å². The molecule has 0 saturated heterocycles. The Labute approximate surface area is 114 Å². The highest BCUT2D eigenvalue weighted by Crippen LogP contribution is 2.29. The van der Waals surface area contributed by atoms with E-state index in [2.05, 4.69) is 61.2 Å². The van der Waals surface area contributed by atoms with Crippen LogP contribution in [-0.2, 0) is 6.42 Å². The van der Waals surface area contributed by atoms with Gasteiger partial charge in [0.15, 0.2) is 0 Å². The molecule has 3 nitrogen and oxygen atoms in total. The van der Waals surface area contributed by atoms with Crippen LogP contribution in [-0.4, -0.2) is 17.3 Å². The number of hydrogen-bond donors (Lipinski definition) is 1. The highest BCUT2D eigenvalue weighted by atomic mass is 16.5. The molecule has 3 heteroatoms. The lowest BCUT2D eigenvalue weighted by Gasteiger charge is -2.16. The maximum Gasteiger partial charge on any atom is 0.123 e. The van der Waals surface area contributed by atoms with Crippen molar-refractivity contribution >= 4 is 0 Å². The van der Waals surface area contributed by atoms with Crippen LogP contribution in [0.4, 0.5) is 0 Å². The lowest BCUT2D eigenvalue weighted by Crippen LogP contribution is -2.30. The van der Waals surface area contributed by atoms with Crippen LogP contribution in [0.3, 0.4) is 0 Å². The first-order valence-corrected chi connectivity index (χ1v) is 6.78. The van der Waals surface area contributed by atoms with Gasteiger partial charge in [-0.3, -0.25) is 4.68 Å². The molecular formula is C16H20N2O. The second kappa shape index (κ2) is 4.65. The predicted octanol–water partition coefficient (Wildman–Crippen LogP) is 2.96. The van der Waals surface area contributed by atoms with Gasteiger partial charge < -0.3 is 10.2 Å². The summed E-state index contributed by atoms with van der Waals surface area (Å²) in [5, 5.41) is 0. The summed E-state index contributed by atoms with van der Waals surface area (Å²) in [6, 6.07) is 10.7. The highest BCUT2D eigenvalue weighted by Gasteiger charge is 2.22. The van der Waals surface area contributed by atoms with E-state index >= 15 is 0 Å². The summed E-state index contributed by atoms with van der Waals surface area (Å²) >= 11 is 0. The SMILES string of the molecule is Cc1ccc2c(c1)CC(CNn1c(C)ccc1C)O2. The van der Waals surface area contributed by atoms with Crippen LogP contribution in [0.25, 0.3) is 0 Å². The van der Waals surface area contributed by atoms with Gasteiger partial charge in [0.25, 0.3) is 0 Å². The number of hydrogen-bond acceptors (Lipinski definition) is 2. The third kappa shape index (κ3) is 2.33. The normalized spacial score (nSPS) is 17.1. The Bertz CT molecular complexity index is 581. The van der Waals surface area contributed by atoms with Gasteiger partial charge in [-0.15, -0.1) is 0 Å². The molecule has 1 N–H and O–H groups in total. The Kier molecular flexibility index (Phi) is 2.97. The molecule has 2 aromatic rings. The molecule has 0 bridgehead atoms. The molecule has 100 valence electrons. The summed E-state index contributed by atoms with van der Waals surface area (Å²) in [6.45, 7) is 7.16. The molecule has 3 rings (SSSR count). The molecule has 1 aromatic heterocycles. The first-order chi connectivity index (χ1) is 9.13. The van der Waals surface area contributed by atoms with Crippen molar-refractivity contribution in [2.24, 2.45) is 0 Å². The van der Waals surface area contributed by atoms with E-state index in [-0.39, 0.29) is 6.10 Å². The Hall–Kier alpha value is -1.90. The zero-order chi connectivity index (χ0) is 13.4. The average Bonchev–Trinajstić information content (AvgIpc) is 2.91. The minimum absolute atomic E-state index is 0.220. The summed E-state index contributed by atoms with van der Waals surface area (Å²) < 4.78 is 8.09. The van der Waals surface area contributed by atoms with E-state index < -0.39 is 0 Å². The Morgan fingerprint density at radius 3 is 2.63 bits per heavy atom. The largest absolute Gasteiger partial charge is 0.488 e. The van der Waals surface area contributed by atoms with Crippen molar-refractivity contribution in [2.75, 3.05) is 12.0 Å². The second-order valence-corrected chi connectivity index (χ2v) is 5.37. The lowest BCUT2D eigenvalue weighted by molar-refractivity contribution is 0.242. The topological polar surface area (TPSA) is 26.2 Å². The van der Waals surface area contributed by atoms with E-state index in [4.69, 9.17) is 4.74 Å². The molecule has 0 spiro atoms. The fraction of sp³-hybridized carbons (Fsp3) is 0.375. The standard InChI is InChI=1S/C16H20N2O/c1-11-4-7-16-14(8-11)9-15(19-16)10-17-18-12(2)5-6-13(18)3/h4-8,15,17H,9-10H2,1-3H3. The zero-order valence-corrected chi connectivity index (χ0v) is 11.7. The van der Waals surface area contributed by atoms with E-state index in [1.165, 1.54) is 22.5 Å². The fourth-order valence-electron chi connectivity index (χ4n) is 2.67. The molecule has 0 radical (unpaired) electrons. The number of nitrogens with zero attached hydrogens (tertiary/aromatic N) is 1. The third-order valence-corrected chi connectivity index (χ3v) is 3.71. The fourth-order valence-corrected chi connectivity index (χ4v) is 2.67. The molecule has 0 saturated carbocycles. The average molecular weight is 256 g/mol. The smallest absolute Gasteiger partial charge is 0.123 e. The van der Waals surface area contributed by atoms with Gasteiger partial charge in [0, 0.05) is 17.8 Å². The molecule has 19 heavy (non-hydrogen) atoms. The lowest BCUT2D eigenvalue weighted by atomic mass is 10.1. The van der Waals surface area contributed by atoms with Crippen LogP contribution in [0, 0.1) is 20.8 Å². The Morgan fingerprint density at radius 1 is 1.16 bits per heavy atom. The first-order valence-electron chi connectivity index (χ1n) is 6.78. The highest BCUT2D eigenvalue weighted by molar-refractivity contribution is 5.40. The van der Waals surface area contributed by atoms with Crippen molar-refractivity contribution in [1.29, 1.82) is 0 Å². The van der Waals surface area contributed by atoms with E-state index in [0.29, 0.717) is 0 Å². The Morgan fingerprint density at radius 2 is 1.89 bits per heavy atom. The van der Waals surface area contributed by atoms with Gasteiger partial charge in [0.1, 0.15) is 11.9 Å². The van der Waals surface area contributed by atoms with Crippen molar-refractivity contribution < 1.29 is 4.74 Å². The number of benzene rings is 1. The van der Waals surface area contributed by atoms with Gasteiger partial charge in [0.2, 0.25) is 0 Å². The third-order valence-electron chi connectivity index (χ3n) is 3.71. The van der Waals surface area contributed by atoms with Crippen LogP contribution in [0.15, 0.2) is 30.3 Å². The molecule has 0 amide bonds. The molecular weight excluding hydrogens is 236 g/mol. The minimum Gasteiger partial charge on any atom is -0.488 e. The minimum atomic E-state index is 0.220. The van der Waals surface area contributed by atoms with E-state index in [0.717, 1.165) is 18.7 Å². The summed E-state index contributed by atoms with van der Waals surface area (Å²) in [5.41, 5.74) is 8.52. The first kappa shape index (κ1) is 12.2. The van der Waals surface area contributed by atoms with Crippen molar-refractivity contribution in [3.8, 4) is 5.75 Å². The number of fused-ring (bicyclic) bond motifs is 1. The maximum atomic E-state index is 5.96. The number of aryl methyl sites for hydroxylation is 3. The number of aromatic nitrogens is 1. The summed E-state index contributed by atoms with van der Waals surface area (Å²) in [7, 11) is 0. The second-order valence-electron chi connectivity index (χ2n) is 5.37. The quantitative estimate of drug-likeness (QED) is 0.913. The van der Waals surface area contributed by atoms with Crippen LogP contribution >= 0.6 is 0 Å². The van der Waals surface area contributed by atoms with Crippen LogP contribution in [0.2, 0.25) is 0 Å². The molecule has 2 heterocycles. The predicted molar refractivity (Wildman–Crippen MR) is 77.4 cm³/mol. The molecule has 1 aromatic carbocycles. The number of nitrogens with one attached hydrogen (secondary N) is 1. The monoisotopic (exact) mass is 256 g/mol. The van der Waals surface area contributed by atoms with Crippen molar-refractivity contribution in [2.45, 2.75) is 33.3 Å². The van der Waals surface area contributed by atoms with Gasteiger partial charge in [-0.2, -0.15) is 0 Å². The Balaban J connectivity index is 1.65. The van der Waals surface area contributed by atoms with Gasteiger partial charge in [-0.25, -0.2) is 0 Å². The molecule has 1 unspecified atom stereocenters. The maximum absolute atomic E-state index is 5.96. The van der Waals surface area contributed by atoms with E-state index in [1.54, 1.807) is 0 Å². The summed E-state index contributed by atoms with van der Waals surface area (Å²) in [6.07, 6.45) is 1.21. The zero-order valence-electron chi connectivity index (χ0n) is 11.7. The molecule has 1 aliphatic heterocycles. The van der Waals surface area contributed by atoms with Gasteiger partial charge in [-0.1, -0.05) is 17.7 Å². The van der Waals surface area contributed by atoms with Crippen molar-refractivity contribution in [1.82, 2.24) is 4.68 Å². The molecule has 0 fully saturated rings. The number of rotatable bonds is 3.